The van der Waals surface area contributed by atoms with Crippen molar-refractivity contribution in [2.75, 3.05) is 26.2 Å². The Labute approximate surface area is 227 Å². The average Bonchev–Trinajstić information content (AvgIpc) is 2.92. The van der Waals surface area contributed by atoms with E-state index in [0.29, 0.717) is 48.2 Å². The molecule has 1 aliphatic heterocycles. The Morgan fingerprint density at radius 1 is 1.00 bits per heavy atom. The van der Waals surface area contributed by atoms with Gasteiger partial charge in [-0.1, -0.05) is 61.3 Å². The van der Waals surface area contributed by atoms with Gasteiger partial charge in [0.15, 0.2) is 5.82 Å². The lowest BCUT2D eigenvalue weighted by atomic mass is 10.0. The fourth-order valence-electron chi connectivity index (χ4n) is 4.59. The molecular formula is C29H31ClN4O4. The van der Waals surface area contributed by atoms with Crippen LogP contribution in [0.15, 0.2) is 54.6 Å². The molecule has 4 rings (SSSR count). The molecule has 9 heteroatoms. The third-order valence-electron chi connectivity index (χ3n) is 6.43. The van der Waals surface area contributed by atoms with E-state index in [0.717, 1.165) is 12.0 Å². The summed E-state index contributed by atoms with van der Waals surface area (Å²) in [4.78, 5) is 52.7. The number of carbonyl (C=O) groups is 3. The van der Waals surface area contributed by atoms with E-state index in [1.54, 1.807) is 41.0 Å². The number of hydrogen-bond donors (Lipinski definition) is 0. The van der Waals surface area contributed by atoms with Gasteiger partial charge in [-0.25, -0.2) is 14.8 Å². The topological polar surface area (TPSA) is 92.7 Å². The van der Waals surface area contributed by atoms with Crippen molar-refractivity contribution < 1.29 is 19.1 Å². The molecule has 1 fully saturated rings. The second-order valence-electron chi connectivity index (χ2n) is 9.16. The quantitative estimate of drug-likeness (QED) is 0.400. The van der Waals surface area contributed by atoms with Crippen LogP contribution in [0.1, 0.15) is 64.1 Å². The molecule has 2 aromatic carbocycles. The molecule has 8 nitrogen and oxygen atoms in total. The summed E-state index contributed by atoms with van der Waals surface area (Å²) in [5.41, 5.74) is 1.89. The minimum Gasteiger partial charge on any atom is -0.462 e. The monoisotopic (exact) mass is 534 g/mol. The highest BCUT2D eigenvalue weighted by atomic mass is 35.5. The van der Waals surface area contributed by atoms with Gasteiger partial charge in [0.2, 0.25) is 0 Å². The van der Waals surface area contributed by atoms with E-state index < -0.39 is 5.97 Å². The maximum atomic E-state index is 13.9. The van der Waals surface area contributed by atoms with E-state index in [2.05, 4.69) is 9.97 Å². The number of amides is 2. The van der Waals surface area contributed by atoms with E-state index in [-0.39, 0.29) is 35.7 Å². The van der Waals surface area contributed by atoms with Crippen LogP contribution in [0.5, 0.6) is 0 Å². The highest BCUT2D eigenvalue weighted by Gasteiger charge is 2.34. The lowest BCUT2D eigenvalue weighted by Gasteiger charge is -2.40. The molecule has 0 radical (unpaired) electrons. The molecule has 2 amide bonds. The summed E-state index contributed by atoms with van der Waals surface area (Å²) in [5.74, 6) is -0.750. The molecule has 0 saturated carbocycles. The predicted molar refractivity (Wildman–Crippen MR) is 145 cm³/mol. The molecule has 3 aromatic rings. The molecule has 0 bridgehead atoms. The fraction of sp³-hybridized carbons (Fsp3) is 0.345. The van der Waals surface area contributed by atoms with Gasteiger partial charge in [-0.2, -0.15) is 0 Å². The summed E-state index contributed by atoms with van der Waals surface area (Å²) in [6.07, 6.45) is 1.22. The molecule has 0 aliphatic carbocycles. The largest absolute Gasteiger partial charge is 0.462 e. The smallest absolute Gasteiger partial charge is 0.342 e. The summed E-state index contributed by atoms with van der Waals surface area (Å²) >= 11 is 6.08. The molecule has 1 unspecified atom stereocenters. The Bertz CT molecular complexity index is 1330. The molecule has 1 saturated heterocycles. The van der Waals surface area contributed by atoms with Crippen molar-refractivity contribution in [3.05, 3.63) is 82.1 Å². The maximum absolute atomic E-state index is 13.9. The van der Waals surface area contributed by atoms with Crippen LogP contribution in [-0.2, 0) is 11.2 Å². The van der Waals surface area contributed by atoms with Gasteiger partial charge in [-0.05, 0) is 38.5 Å². The molecule has 1 aliphatic rings. The van der Waals surface area contributed by atoms with Crippen LogP contribution in [0.2, 0.25) is 5.02 Å². The normalized spacial score (nSPS) is 15.3. The number of benzene rings is 2. The van der Waals surface area contributed by atoms with E-state index in [1.165, 1.54) is 0 Å². The van der Waals surface area contributed by atoms with Gasteiger partial charge in [-0.3, -0.25) is 9.59 Å². The molecular weight excluding hydrogens is 504 g/mol. The average molecular weight is 535 g/mol. The fourth-order valence-corrected chi connectivity index (χ4v) is 4.78. The Morgan fingerprint density at radius 2 is 1.76 bits per heavy atom. The Morgan fingerprint density at radius 3 is 2.42 bits per heavy atom. The molecule has 0 spiro atoms. The van der Waals surface area contributed by atoms with Crippen LogP contribution < -0.4 is 0 Å². The highest BCUT2D eigenvalue weighted by molar-refractivity contribution is 6.31. The molecule has 1 atom stereocenters. The Balaban J connectivity index is 1.67. The minimum absolute atomic E-state index is 0.0302. The van der Waals surface area contributed by atoms with E-state index in [4.69, 9.17) is 16.3 Å². The summed E-state index contributed by atoms with van der Waals surface area (Å²) in [5, 5.41) is 0.490. The van der Waals surface area contributed by atoms with Gasteiger partial charge < -0.3 is 14.5 Å². The number of carbonyl (C=O) groups excluding carboxylic acids is 3. The van der Waals surface area contributed by atoms with Crippen LogP contribution in [0.25, 0.3) is 11.4 Å². The van der Waals surface area contributed by atoms with E-state index >= 15 is 0 Å². The van der Waals surface area contributed by atoms with Crippen LogP contribution in [0, 0.1) is 0 Å². The number of piperazine rings is 1. The van der Waals surface area contributed by atoms with Crippen molar-refractivity contribution in [3.63, 3.8) is 0 Å². The molecule has 0 N–H and O–H groups in total. The zero-order chi connectivity index (χ0) is 27.2. The molecule has 198 valence electrons. The van der Waals surface area contributed by atoms with E-state index in [1.807, 2.05) is 44.2 Å². The second-order valence-corrected chi connectivity index (χ2v) is 9.60. The number of aromatic nitrogens is 2. The van der Waals surface area contributed by atoms with Gasteiger partial charge in [-0.15, -0.1) is 0 Å². The maximum Gasteiger partial charge on any atom is 0.342 e. The summed E-state index contributed by atoms with van der Waals surface area (Å²) < 4.78 is 5.31. The minimum atomic E-state index is -0.610. The summed E-state index contributed by atoms with van der Waals surface area (Å²) in [6.45, 7) is 6.69. The lowest BCUT2D eigenvalue weighted by molar-refractivity contribution is 0.0406. The van der Waals surface area contributed by atoms with Crippen LogP contribution in [0.3, 0.4) is 0 Å². The van der Waals surface area contributed by atoms with Crippen LogP contribution in [-0.4, -0.2) is 69.8 Å². The van der Waals surface area contributed by atoms with Crippen molar-refractivity contribution in [2.45, 2.75) is 39.7 Å². The zero-order valence-corrected chi connectivity index (χ0v) is 22.6. The third kappa shape index (κ3) is 5.86. The molecule has 2 heterocycles. The van der Waals surface area contributed by atoms with Gasteiger partial charge in [0.1, 0.15) is 11.3 Å². The van der Waals surface area contributed by atoms with Gasteiger partial charge in [0.25, 0.3) is 11.8 Å². The first-order valence-electron chi connectivity index (χ1n) is 12.8. The number of aryl methyl sites for hydroxylation is 1. The first kappa shape index (κ1) is 27.3. The number of hydrogen-bond acceptors (Lipinski definition) is 6. The van der Waals surface area contributed by atoms with Crippen LogP contribution >= 0.6 is 11.6 Å². The predicted octanol–water partition coefficient (Wildman–Crippen LogP) is 4.91. The number of rotatable bonds is 7. The number of halogens is 1. The standard InChI is InChI=1S/C29H31ClN4O4/c1-4-10-23-24(29(37)38-5-2)25(32-26(31-23)20-11-7-6-8-12-20)28(36)33-15-16-34(19(3)18-33)27(35)21-13-9-14-22(30)17-21/h6-9,11-14,17,19H,4-5,10,15-16,18H2,1-3H3. The van der Waals surface area contributed by atoms with Crippen molar-refractivity contribution in [1.29, 1.82) is 0 Å². The van der Waals surface area contributed by atoms with E-state index in [9.17, 15) is 14.4 Å². The van der Waals surface area contributed by atoms with Crippen molar-refractivity contribution in [1.82, 2.24) is 19.8 Å². The number of ether oxygens (including phenoxy) is 1. The summed E-state index contributed by atoms with van der Waals surface area (Å²) in [7, 11) is 0. The van der Waals surface area contributed by atoms with Crippen molar-refractivity contribution in [3.8, 4) is 11.4 Å². The SMILES string of the molecule is CCCc1nc(-c2ccccc2)nc(C(=O)N2CCN(C(=O)c3cccc(Cl)c3)C(C)C2)c1C(=O)OCC. The Kier molecular flexibility index (Phi) is 8.73. The highest BCUT2D eigenvalue weighted by Crippen LogP contribution is 2.24. The molecule has 1 aromatic heterocycles. The molecule has 38 heavy (non-hydrogen) atoms. The second kappa shape index (κ2) is 12.2. The number of nitrogens with zero attached hydrogens (tertiary/aromatic N) is 4. The van der Waals surface area contributed by atoms with Gasteiger partial charge in [0, 0.05) is 41.8 Å². The zero-order valence-electron chi connectivity index (χ0n) is 21.8. The van der Waals surface area contributed by atoms with Crippen molar-refractivity contribution in [2.24, 2.45) is 0 Å². The Hall–Kier alpha value is -3.78. The third-order valence-corrected chi connectivity index (χ3v) is 6.67. The van der Waals surface area contributed by atoms with Crippen LogP contribution in [0.4, 0.5) is 0 Å². The van der Waals surface area contributed by atoms with Crippen molar-refractivity contribution >= 4 is 29.4 Å². The van der Waals surface area contributed by atoms with Gasteiger partial charge >= 0.3 is 5.97 Å². The van der Waals surface area contributed by atoms with Gasteiger partial charge in [0.05, 0.1) is 12.3 Å². The number of esters is 1. The summed E-state index contributed by atoms with van der Waals surface area (Å²) in [6, 6.07) is 15.9. The first-order valence-corrected chi connectivity index (χ1v) is 13.2. The lowest BCUT2D eigenvalue weighted by Crippen LogP contribution is -2.55. The first-order chi connectivity index (χ1) is 18.3.